The lowest BCUT2D eigenvalue weighted by Crippen LogP contribution is -2.35. The molecule has 1 fully saturated rings. The summed E-state index contributed by atoms with van der Waals surface area (Å²) in [5.74, 6) is 0.320. The van der Waals surface area contributed by atoms with E-state index in [4.69, 9.17) is 22.4 Å². The lowest BCUT2D eigenvalue weighted by molar-refractivity contribution is 0.0718. The molecule has 4 nitrogen and oxygen atoms in total. The molecule has 3 rings (SSSR count). The van der Waals surface area contributed by atoms with Gasteiger partial charge in [0, 0.05) is 24.4 Å². The number of nitrogens with zero attached hydrogens (tertiary/aromatic N) is 1. The van der Waals surface area contributed by atoms with Gasteiger partial charge in [-0.15, -0.1) is 0 Å². The van der Waals surface area contributed by atoms with Crippen molar-refractivity contribution in [2.45, 2.75) is 25.3 Å². The van der Waals surface area contributed by atoms with Gasteiger partial charge in [-0.25, -0.2) is 0 Å². The van der Waals surface area contributed by atoms with Crippen molar-refractivity contribution in [3.8, 4) is 0 Å². The van der Waals surface area contributed by atoms with Crippen LogP contribution in [0.2, 0.25) is 0 Å². The minimum absolute atomic E-state index is 0.0695. The van der Waals surface area contributed by atoms with Crippen LogP contribution in [-0.2, 0) is 0 Å². The predicted molar refractivity (Wildman–Crippen MR) is 81.7 cm³/mol. The summed E-state index contributed by atoms with van der Waals surface area (Å²) >= 11 is 4.89. The average Bonchev–Trinajstić information content (AvgIpc) is 3.16. The van der Waals surface area contributed by atoms with Gasteiger partial charge in [0.05, 0.1) is 4.99 Å². The first kappa shape index (κ1) is 13.1. The van der Waals surface area contributed by atoms with Crippen LogP contribution in [0.15, 0.2) is 34.7 Å². The van der Waals surface area contributed by atoms with E-state index in [1.807, 2.05) is 29.2 Å². The van der Waals surface area contributed by atoms with Crippen LogP contribution in [-0.4, -0.2) is 28.4 Å². The van der Waals surface area contributed by atoms with Crippen molar-refractivity contribution >= 4 is 34.1 Å². The topological polar surface area (TPSA) is 59.5 Å². The number of thiocarbonyl (C=S) groups is 1. The first-order valence-corrected chi connectivity index (χ1v) is 7.14. The highest BCUT2D eigenvalue weighted by atomic mass is 32.1. The standard InChI is InChI=1S/C15H16N2O2S/c16-14(20)7-8-17(11-5-6-11)15(18)13-9-10-3-1-2-4-12(10)19-13/h1-4,9,11H,5-8H2,(H2,16,20). The van der Waals surface area contributed by atoms with Gasteiger partial charge in [-0.2, -0.15) is 0 Å². The fourth-order valence-electron chi connectivity index (χ4n) is 2.30. The van der Waals surface area contributed by atoms with Crippen LogP contribution in [0.4, 0.5) is 0 Å². The maximum absolute atomic E-state index is 12.6. The molecule has 104 valence electrons. The lowest BCUT2D eigenvalue weighted by atomic mass is 10.2. The second kappa shape index (κ2) is 5.25. The smallest absolute Gasteiger partial charge is 0.289 e. The van der Waals surface area contributed by atoms with Gasteiger partial charge < -0.3 is 15.1 Å². The minimum atomic E-state index is -0.0695. The highest BCUT2D eigenvalue weighted by Crippen LogP contribution is 2.29. The second-order valence-corrected chi connectivity index (χ2v) is 5.62. The lowest BCUT2D eigenvalue weighted by Gasteiger charge is -2.20. The maximum Gasteiger partial charge on any atom is 0.289 e. The zero-order valence-electron chi connectivity index (χ0n) is 11.0. The van der Waals surface area contributed by atoms with Gasteiger partial charge in [0.25, 0.3) is 5.91 Å². The van der Waals surface area contributed by atoms with Crippen LogP contribution in [0.1, 0.15) is 29.8 Å². The highest BCUT2D eigenvalue weighted by molar-refractivity contribution is 7.80. The Labute approximate surface area is 122 Å². The number of rotatable bonds is 5. The SMILES string of the molecule is NC(=S)CCN(C(=O)c1cc2ccccc2o1)C1CC1. The van der Waals surface area contributed by atoms with Crippen LogP contribution in [0.5, 0.6) is 0 Å². The van der Waals surface area contributed by atoms with E-state index in [0.717, 1.165) is 23.8 Å². The Morgan fingerprint density at radius 1 is 1.40 bits per heavy atom. The van der Waals surface area contributed by atoms with E-state index in [0.29, 0.717) is 29.8 Å². The van der Waals surface area contributed by atoms with Crippen molar-refractivity contribution in [2.24, 2.45) is 5.73 Å². The summed E-state index contributed by atoms with van der Waals surface area (Å²) in [6, 6.07) is 9.73. The first-order valence-electron chi connectivity index (χ1n) is 6.73. The summed E-state index contributed by atoms with van der Waals surface area (Å²) in [5.41, 5.74) is 6.27. The molecule has 0 aliphatic heterocycles. The molecule has 1 aliphatic rings. The van der Waals surface area contributed by atoms with E-state index in [-0.39, 0.29) is 5.91 Å². The van der Waals surface area contributed by atoms with Crippen molar-refractivity contribution in [1.29, 1.82) is 0 Å². The number of amides is 1. The number of fused-ring (bicyclic) bond motifs is 1. The molecule has 1 amide bonds. The van der Waals surface area contributed by atoms with Gasteiger partial charge >= 0.3 is 0 Å². The van der Waals surface area contributed by atoms with Crippen molar-refractivity contribution in [2.75, 3.05) is 6.54 Å². The largest absolute Gasteiger partial charge is 0.451 e. The minimum Gasteiger partial charge on any atom is -0.451 e. The first-order chi connectivity index (χ1) is 9.65. The summed E-state index contributed by atoms with van der Waals surface area (Å²) in [6.45, 7) is 0.565. The number of benzene rings is 1. The molecule has 0 spiro atoms. The third kappa shape index (κ3) is 2.67. The highest BCUT2D eigenvalue weighted by Gasteiger charge is 2.34. The Morgan fingerprint density at radius 2 is 2.15 bits per heavy atom. The van der Waals surface area contributed by atoms with Crippen LogP contribution < -0.4 is 5.73 Å². The van der Waals surface area contributed by atoms with Gasteiger partial charge in [-0.3, -0.25) is 4.79 Å². The Balaban J connectivity index is 1.82. The monoisotopic (exact) mass is 288 g/mol. The average molecular weight is 288 g/mol. The van der Waals surface area contributed by atoms with Crippen LogP contribution in [0, 0.1) is 0 Å². The molecule has 0 bridgehead atoms. The molecular weight excluding hydrogens is 272 g/mol. The zero-order chi connectivity index (χ0) is 14.1. The van der Waals surface area contributed by atoms with Gasteiger partial charge in [0.15, 0.2) is 5.76 Å². The fourth-order valence-corrected chi connectivity index (χ4v) is 2.39. The summed E-state index contributed by atoms with van der Waals surface area (Å²) in [7, 11) is 0. The van der Waals surface area contributed by atoms with E-state index in [2.05, 4.69) is 0 Å². The molecule has 0 atom stereocenters. The van der Waals surface area contributed by atoms with Crippen LogP contribution in [0.3, 0.4) is 0 Å². The number of carbonyl (C=O) groups excluding carboxylic acids is 1. The van der Waals surface area contributed by atoms with Crippen LogP contribution in [0.25, 0.3) is 11.0 Å². The summed E-state index contributed by atoms with van der Waals surface area (Å²) < 4.78 is 5.64. The Kier molecular flexibility index (Phi) is 3.44. The van der Waals surface area contributed by atoms with Gasteiger partial charge in [0.1, 0.15) is 5.58 Å². The molecule has 1 aromatic carbocycles. The van der Waals surface area contributed by atoms with Gasteiger partial charge in [-0.1, -0.05) is 30.4 Å². The van der Waals surface area contributed by atoms with Crippen molar-refractivity contribution in [1.82, 2.24) is 4.90 Å². The fraction of sp³-hybridized carbons (Fsp3) is 0.333. The zero-order valence-corrected chi connectivity index (χ0v) is 11.9. The molecular formula is C15H16N2O2S. The van der Waals surface area contributed by atoms with E-state index in [1.165, 1.54) is 0 Å². The number of hydrogen-bond donors (Lipinski definition) is 1. The second-order valence-electron chi connectivity index (χ2n) is 5.09. The molecule has 0 radical (unpaired) electrons. The summed E-state index contributed by atoms with van der Waals surface area (Å²) in [4.78, 5) is 14.8. The van der Waals surface area contributed by atoms with Crippen molar-refractivity contribution in [3.63, 3.8) is 0 Å². The van der Waals surface area contributed by atoms with Crippen molar-refractivity contribution < 1.29 is 9.21 Å². The van der Waals surface area contributed by atoms with Gasteiger partial charge in [0.2, 0.25) is 0 Å². The molecule has 1 saturated carbocycles. The number of nitrogens with two attached hydrogens (primary N) is 1. The maximum atomic E-state index is 12.6. The number of furan rings is 1. The summed E-state index contributed by atoms with van der Waals surface area (Å²) in [6.07, 6.45) is 2.64. The molecule has 2 aromatic rings. The third-order valence-electron chi connectivity index (χ3n) is 3.48. The molecule has 0 unspecified atom stereocenters. The van der Waals surface area contributed by atoms with Crippen LogP contribution >= 0.6 is 12.2 Å². The molecule has 1 heterocycles. The number of hydrogen-bond acceptors (Lipinski definition) is 3. The normalized spacial score (nSPS) is 14.4. The predicted octanol–water partition coefficient (Wildman–Crippen LogP) is 2.71. The molecule has 1 aliphatic carbocycles. The molecule has 1 aromatic heterocycles. The van der Waals surface area contributed by atoms with E-state index >= 15 is 0 Å². The Morgan fingerprint density at radius 3 is 2.80 bits per heavy atom. The molecule has 5 heteroatoms. The van der Waals surface area contributed by atoms with E-state index < -0.39 is 0 Å². The third-order valence-corrected chi connectivity index (χ3v) is 3.69. The van der Waals surface area contributed by atoms with E-state index in [9.17, 15) is 4.79 Å². The Hall–Kier alpha value is -1.88. The molecule has 0 saturated heterocycles. The number of para-hydroxylation sites is 1. The Bertz CT molecular complexity index is 628. The van der Waals surface area contributed by atoms with E-state index in [1.54, 1.807) is 6.07 Å². The quantitative estimate of drug-likeness (QED) is 0.859. The molecule has 20 heavy (non-hydrogen) atoms. The number of carbonyl (C=O) groups is 1. The summed E-state index contributed by atoms with van der Waals surface area (Å²) in [5, 5.41) is 0.945. The van der Waals surface area contributed by atoms with Gasteiger partial charge in [-0.05, 0) is 25.0 Å². The molecule has 2 N–H and O–H groups in total. The van der Waals surface area contributed by atoms with Crippen molar-refractivity contribution in [3.05, 3.63) is 36.1 Å².